The second kappa shape index (κ2) is 6.27. The monoisotopic (exact) mass is 309 g/mol. The van der Waals surface area contributed by atoms with Crippen LogP contribution < -0.4 is 5.43 Å². The first-order valence-corrected chi connectivity index (χ1v) is 7.04. The van der Waals surface area contributed by atoms with Crippen LogP contribution >= 0.6 is 0 Å². The third-order valence-corrected chi connectivity index (χ3v) is 3.33. The van der Waals surface area contributed by atoms with Crippen LogP contribution in [0.2, 0.25) is 0 Å². The Bertz CT molecular complexity index is 885. The van der Waals surface area contributed by atoms with Crippen molar-refractivity contribution in [2.24, 2.45) is 5.10 Å². The molecule has 1 heterocycles. The van der Waals surface area contributed by atoms with Crippen LogP contribution in [0.5, 0.6) is 5.75 Å². The lowest BCUT2D eigenvalue weighted by Gasteiger charge is -2.04. The molecule has 0 atom stereocenters. The topological polar surface area (TPSA) is 92.4 Å². The van der Waals surface area contributed by atoms with Crippen LogP contribution in [0.1, 0.15) is 12.5 Å². The number of nitrogens with one attached hydrogen (secondary N) is 1. The summed E-state index contributed by atoms with van der Waals surface area (Å²) in [4.78, 5) is 12.0. The third kappa shape index (κ3) is 3.34. The van der Waals surface area contributed by atoms with Gasteiger partial charge in [-0.05, 0) is 31.2 Å². The highest BCUT2D eigenvalue weighted by Gasteiger charge is 2.08. The fourth-order valence-corrected chi connectivity index (χ4v) is 2.15. The standard InChI is InChI=1S/C16H15N5O2/c1-11(12-5-4-6-13(22)9-12)17-19-16(23)10-21-15-8-3-2-7-14(15)18-20-21/h2-9,22H,10H2,1H3,(H,19,23). The second-order valence-corrected chi connectivity index (χ2v) is 5.02. The predicted molar refractivity (Wildman–Crippen MR) is 86.0 cm³/mol. The molecule has 0 bridgehead atoms. The number of aromatic nitrogens is 3. The summed E-state index contributed by atoms with van der Waals surface area (Å²) >= 11 is 0. The molecule has 7 nitrogen and oxygen atoms in total. The van der Waals surface area contributed by atoms with Gasteiger partial charge >= 0.3 is 0 Å². The first-order valence-electron chi connectivity index (χ1n) is 7.04. The number of carbonyl (C=O) groups excluding carboxylic acids is 1. The van der Waals surface area contributed by atoms with Gasteiger partial charge in [-0.2, -0.15) is 5.10 Å². The lowest BCUT2D eigenvalue weighted by Crippen LogP contribution is -2.24. The molecule has 23 heavy (non-hydrogen) atoms. The van der Waals surface area contributed by atoms with Crippen LogP contribution in [0.25, 0.3) is 11.0 Å². The van der Waals surface area contributed by atoms with Crippen LogP contribution in [0.3, 0.4) is 0 Å². The molecule has 3 aromatic rings. The highest BCUT2D eigenvalue weighted by Crippen LogP contribution is 2.11. The normalized spacial score (nSPS) is 11.6. The number of para-hydroxylation sites is 1. The van der Waals surface area contributed by atoms with Crippen molar-refractivity contribution in [1.29, 1.82) is 0 Å². The number of aromatic hydroxyl groups is 1. The van der Waals surface area contributed by atoms with Crippen molar-refractivity contribution < 1.29 is 9.90 Å². The average Bonchev–Trinajstić information content (AvgIpc) is 2.96. The number of nitrogens with zero attached hydrogens (tertiary/aromatic N) is 4. The number of fused-ring (bicyclic) bond motifs is 1. The Morgan fingerprint density at radius 2 is 2.09 bits per heavy atom. The van der Waals surface area contributed by atoms with Gasteiger partial charge in [0.1, 0.15) is 17.8 Å². The molecule has 116 valence electrons. The number of carbonyl (C=O) groups is 1. The zero-order valence-corrected chi connectivity index (χ0v) is 12.5. The Balaban J connectivity index is 1.69. The quantitative estimate of drug-likeness (QED) is 0.566. The van der Waals surface area contributed by atoms with Gasteiger partial charge < -0.3 is 5.11 Å². The molecular weight excluding hydrogens is 294 g/mol. The summed E-state index contributed by atoms with van der Waals surface area (Å²) in [7, 11) is 0. The van der Waals surface area contributed by atoms with Gasteiger partial charge in [0, 0.05) is 5.56 Å². The number of hydrogen-bond acceptors (Lipinski definition) is 5. The van der Waals surface area contributed by atoms with Gasteiger partial charge in [-0.25, -0.2) is 10.1 Å². The molecule has 0 aliphatic carbocycles. The number of rotatable bonds is 4. The lowest BCUT2D eigenvalue weighted by atomic mass is 10.1. The minimum absolute atomic E-state index is 0.0251. The second-order valence-electron chi connectivity index (χ2n) is 5.02. The molecule has 2 N–H and O–H groups in total. The van der Waals surface area contributed by atoms with Gasteiger partial charge in [-0.15, -0.1) is 5.10 Å². The number of hydrogen-bond donors (Lipinski definition) is 2. The van der Waals surface area contributed by atoms with Crippen molar-refractivity contribution in [3.63, 3.8) is 0 Å². The Kier molecular flexibility index (Phi) is 4.01. The molecule has 2 aromatic carbocycles. The molecule has 0 unspecified atom stereocenters. The van der Waals surface area contributed by atoms with Gasteiger partial charge in [0.2, 0.25) is 0 Å². The van der Waals surface area contributed by atoms with Gasteiger partial charge in [0.25, 0.3) is 5.91 Å². The first-order chi connectivity index (χ1) is 11.1. The van der Waals surface area contributed by atoms with Crippen LogP contribution in [0.4, 0.5) is 0 Å². The maximum Gasteiger partial charge on any atom is 0.261 e. The number of hydrazone groups is 1. The van der Waals surface area contributed by atoms with E-state index in [0.29, 0.717) is 5.71 Å². The van der Waals surface area contributed by atoms with Crippen molar-refractivity contribution in [1.82, 2.24) is 20.4 Å². The fourth-order valence-electron chi connectivity index (χ4n) is 2.15. The third-order valence-electron chi connectivity index (χ3n) is 3.33. The van der Waals surface area contributed by atoms with Gasteiger partial charge in [0.05, 0.1) is 11.2 Å². The van der Waals surface area contributed by atoms with E-state index >= 15 is 0 Å². The van der Waals surface area contributed by atoms with E-state index < -0.39 is 0 Å². The van der Waals surface area contributed by atoms with E-state index in [-0.39, 0.29) is 18.2 Å². The van der Waals surface area contributed by atoms with Crippen LogP contribution in [0.15, 0.2) is 53.6 Å². The van der Waals surface area contributed by atoms with Crippen molar-refractivity contribution in [2.75, 3.05) is 0 Å². The summed E-state index contributed by atoms with van der Waals surface area (Å²) < 4.78 is 1.52. The van der Waals surface area contributed by atoms with Crippen molar-refractivity contribution in [3.05, 3.63) is 54.1 Å². The smallest absolute Gasteiger partial charge is 0.261 e. The maximum atomic E-state index is 12.0. The van der Waals surface area contributed by atoms with Crippen molar-refractivity contribution >= 4 is 22.7 Å². The van der Waals surface area contributed by atoms with Gasteiger partial charge in [-0.3, -0.25) is 4.79 Å². The molecule has 0 fully saturated rings. The molecule has 0 radical (unpaired) electrons. The molecule has 7 heteroatoms. The molecule has 0 aliphatic rings. The summed E-state index contributed by atoms with van der Waals surface area (Å²) in [6.45, 7) is 1.78. The van der Waals surface area contributed by atoms with E-state index in [9.17, 15) is 9.90 Å². The summed E-state index contributed by atoms with van der Waals surface area (Å²) in [6, 6.07) is 14.1. The van der Waals surface area contributed by atoms with E-state index in [1.807, 2.05) is 24.3 Å². The number of phenols is 1. The first kappa shape index (κ1) is 14.7. The maximum absolute atomic E-state index is 12.0. The lowest BCUT2D eigenvalue weighted by molar-refractivity contribution is -0.121. The Morgan fingerprint density at radius 3 is 2.91 bits per heavy atom. The molecular formula is C16H15N5O2. The summed E-state index contributed by atoms with van der Waals surface area (Å²) in [5, 5.41) is 21.4. The zero-order chi connectivity index (χ0) is 16.2. The summed E-state index contributed by atoms with van der Waals surface area (Å²) in [6.07, 6.45) is 0. The van der Waals surface area contributed by atoms with Crippen LogP contribution in [-0.4, -0.2) is 31.7 Å². The van der Waals surface area contributed by atoms with E-state index in [4.69, 9.17) is 0 Å². The van der Waals surface area contributed by atoms with Crippen molar-refractivity contribution in [2.45, 2.75) is 13.5 Å². The average molecular weight is 309 g/mol. The van der Waals surface area contributed by atoms with Crippen LogP contribution in [0, 0.1) is 0 Å². The van der Waals surface area contributed by atoms with E-state index in [1.54, 1.807) is 31.2 Å². The Morgan fingerprint density at radius 1 is 1.26 bits per heavy atom. The molecule has 1 aromatic heterocycles. The minimum Gasteiger partial charge on any atom is -0.508 e. The Hall–Kier alpha value is -3.22. The minimum atomic E-state index is -0.305. The molecule has 1 amide bonds. The number of amides is 1. The van der Waals surface area contributed by atoms with E-state index in [2.05, 4.69) is 20.8 Å². The van der Waals surface area contributed by atoms with E-state index in [1.165, 1.54) is 4.68 Å². The molecule has 0 spiro atoms. The van der Waals surface area contributed by atoms with Gasteiger partial charge in [-0.1, -0.05) is 29.5 Å². The summed E-state index contributed by atoms with van der Waals surface area (Å²) in [5.74, 6) is -0.155. The summed E-state index contributed by atoms with van der Waals surface area (Å²) in [5.41, 5.74) is 5.33. The molecule has 0 aliphatic heterocycles. The zero-order valence-electron chi connectivity index (χ0n) is 12.5. The number of phenolic OH excluding ortho intramolecular Hbond substituents is 1. The largest absolute Gasteiger partial charge is 0.508 e. The number of benzene rings is 2. The molecule has 0 saturated carbocycles. The fraction of sp³-hybridized carbons (Fsp3) is 0.125. The predicted octanol–water partition coefficient (Wildman–Crippen LogP) is 1.68. The highest BCUT2D eigenvalue weighted by atomic mass is 16.3. The molecule has 0 saturated heterocycles. The van der Waals surface area contributed by atoms with E-state index in [0.717, 1.165) is 16.6 Å². The van der Waals surface area contributed by atoms with Crippen LogP contribution in [-0.2, 0) is 11.3 Å². The SMILES string of the molecule is CC(=NNC(=O)Cn1nnc2ccccc21)c1cccc(O)c1. The highest BCUT2D eigenvalue weighted by molar-refractivity contribution is 5.99. The molecule has 3 rings (SSSR count). The van der Waals surface area contributed by atoms with Crippen molar-refractivity contribution in [3.8, 4) is 5.75 Å². The Labute approximate surface area is 132 Å². The van der Waals surface area contributed by atoms with Gasteiger partial charge in [0.15, 0.2) is 0 Å².